The lowest BCUT2D eigenvalue weighted by atomic mass is 10.2. The summed E-state index contributed by atoms with van der Waals surface area (Å²) in [6, 6.07) is 1.36. The molecule has 88 valence electrons. The van der Waals surface area contributed by atoms with Crippen molar-refractivity contribution in [1.29, 1.82) is 0 Å². The summed E-state index contributed by atoms with van der Waals surface area (Å²) in [6.45, 7) is 5.41. The van der Waals surface area contributed by atoms with Crippen LogP contribution in [0, 0.1) is 6.92 Å². The minimum Gasteiger partial charge on any atom is -0.507 e. The maximum atomic E-state index is 12.0. The molecule has 0 bridgehead atoms. The Labute approximate surface area is 93.7 Å². The van der Waals surface area contributed by atoms with Crippen LogP contribution in [0.4, 0.5) is 0 Å². The number of carbonyl (C=O) groups is 1. The highest BCUT2D eigenvalue weighted by molar-refractivity contribution is 5.96. The number of amides is 1. The SMILES string of the molecule is CNC(=O)c1c(O)cc(C)n(C(C)C)c1=O. The van der Waals surface area contributed by atoms with Crippen LogP contribution in [0.3, 0.4) is 0 Å². The summed E-state index contributed by atoms with van der Waals surface area (Å²) < 4.78 is 1.48. The van der Waals surface area contributed by atoms with Crippen molar-refractivity contribution in [2.24, 2.45) is 0 Å². The monoisotopic (exact) mass is 224 g/mol. The molecule has 5 nitrogen and oxygen atoms in total. The molecule has 0 aliphatic rings. The number of pyridine rings is 1. The lowest BCUT2D eigenvalue weighted by Crippen LogP contribution is -2.33. The van der Waals surface area contributed by atoms with E-state index in [1.54, 1.807) is 6.92 Å². The van der Waals surface area contributed by atoms with E-state index in [1.807, 2.05) is 13.8 Å². The molecule has 0 saturated carbocycles. The fourth-order valence-electron chi connectivity index (χ4n) is 1.71. The lowest BCUT2D eigenvalue weighted by Gasteiger charge is -2.15. The molecule has 0 aliphatic carbocycles. The van der Waals surface area contributed by atoms with E-state index < -0.39 is 11.5 Å². The molecule has 1 rings (SSSR count). The molecule has 1 amide bonds. The Morgan fingerprint density at radius 1 is 1.50 bits per heavy atom. The summed E-state index contributed by atoms with van der Waals surface area (Å²) in [6.07, 6.45) is 0. The van der Waals surface area contributed by atoms with Crippen LogP contribution in [0.1, 0.15) is 35.9 Å². The van der Waals surface area contributed by atoms with Gasteiger partial charge in [-0.25, -0.2) is 0 Å². The number of rotatable bonds is 2. The largest absolute Gasteiger partial charge is 0.507 e. The minimum absolute atomic E-state index is 0.0588. The third kappa shape index (κ3) is 1.93. The molecule has 16 heavy (non-hydrogen) atoms. The zero-order valence-corrected chi connectivity index (χ0v) is 9.87. The first-order chi connectivity index (χ1) is 7.40. The number of hydrogen-bond donors (Lipinski definition) is 2. The number of nitrogens with one attached hydrogen (secondary N) is 1. The Balaban J connectivity index is 3.58. The fourth-order valence-corrected chi connectivity index (χ4v) is 1.71. The second kappa shape index (κ2) is 4.38. The summed E-state index contributed by atoms with van der Waals surface area (Å²) in [5.74, 6) is -0.851. The predicted molar refractivity (Wildman–Crippen MR) is 60.9 cm³/mol. The van der Waals surface area contributed by atoms with E-state index in [2.05, 4.69) is 5.32 Å². The molecule has 0 unspecified atom stereocenters. The summed E-state index contributed by atoms with van der Waals surface area (Å²) in [4.78, 5) is 23.5. The van der Waals surface area contributed by atoms with Crippen molar-refractivity contribution >= 4 is 5.91 Å². The van der Waals surface area contributed by atoms with Gasteiger partial charge < -0.3 is 15.0 Å². The number of nitrogens with zero attached hydrogens (tertiary/aromatic N) is 1. The van der Waals surface area contributed by atoms with E-state index in [9.17, 15) is 14.7 Å². The number of aromatic nitrogens is 1. The summed E-state index contributed by atoms with van der Waals surface area (Å²) in [5.41, 5.74) is -0.0428. The van der Waals surface area contributed by atoms with Crippen LogP contribution in [0.25, 0.3) is 0 Å². The van der Waals surface area contributed by atoms with E-state index >= 15 is 0 Å². The zero-order chi connectivity index (χ0) is 12.5. The Kier molecular flexibility index (Phi) is 3.37. The highest BCUT2D eigenvalue weighted by atomic mass is 16.3. The third-order valence-electron chi connectivity index (χ3n) is 2.38. The van der Waals surface area contributed by atoms with Crippen molar-refractivity contribution in [2.75, 3.05) is 7.05 Å². The van der Waals surface area contributed by atoms with Crippen molar-refractivity contribution in [3.63, 3.8) is 0 Å². The average molecular weight is 224 g/mol. The van der Waals surface area contributed by atoms with Gasteiger partial charge in [-0.05, 0) is 20.8 Å². The number of hydrogen-bond acceptors (Lipinski definition) is 3. The van der Waals surface area contributed by atoms with Crippen molar-refractivity contribution < 1.29 is 9.90 Å². The first-order valence-corrected chi connectivity index (χ1v) is 5.07. The van der Waals surface area contributed by atoms with E-state index in [0.717, 1.165) is 0 Å². The first-order valence-electron chi connectivity index (χ1n) is 5.07. The van der Waals surface area contributed by atoms with Gasteiger partial charge in [0.25, 0.3) is 11.5 Å². The van der Waals surface area contributed by atoms with Gasteiger partial charge >= 0.3 is 0 Å². The molecule has 0 atom stereocenters. The van der Waals surface area contributed by atoms with Crippen LogP contribution in [0.2, 0.25) is 0 Å². The van der Waals surface area contributed by atoms with Gasteiger partial charge in [0.2, 0.25) is 0 Å². The summed E-state index contributed by atoms with van der Waals surface area (Å²) in [5, 5.41) is 11.9. The first kappa shape index (κ1) is 12.3. The normalized spacial score (nSPS) is 10.6. The second-order valence-corrected chi connectivity index (χ2v) is 3.89. The third-order valence-corrected chi connectivity index (χ3v) is 2.38. The molecule has 1 aromatic heterocycles. The van der Waals surface area contributed by atoms with Gasteiger partial charge in [0.15, 0.2) is 0 Å². The topological polar surface area (TPSA) is 71.3 Å². The summed E-state index contributed by atoms with van der Waals surface area (Å²) in [7, 11) is 1.42. The molecule has 1 heterocycles. The molecule has 0 radical (unpaired) electrons. The van der Waals surface area contributed by atoms with Crippen LogP contribution in [-0.4, -0.2) is 22.6 Å². The van der Waals surface area contributed by atoms with Gasteiger partial charge in [-0.2, -0.15) is 0 Å². The van der Waals surface area contributed by atoms with E-state index in [4.69, 9.17) is 0 Å². The lowest BCUT2D eigenvalue weighted by molar-refractivity contribution is 0.0958. The van der Waals surface area contributed by atoms with Crippen molar-refractivity contribution in [2.45, 2.75) is 26.8 Å². The maximum Gasteiger partial charge on any atom is 0.267 e. The quantitative estimate of drug-likeness (QED) is 0.780. The molecule has 5 heteroatoms. The molecule has 2 N–H and O–H groups in total. The highest BCUT2D eigenvalue weighted by Gasteiger charge is 2.19. The predicted octanol–water partition coefficient (Wildman–Crippen LogP) is 0.803. The molecule has 0 spiro atoms. The average Bonchev–Trinajstić information content (AvgIpc) is 2.15. The van der Waals surface area contributed by atoms with E-state index in [-0.39, 0.29) is 17.4 Å². The van der Waals surface area contributed by atoms with Crippen LogP contribution in [0.5, 0.6) is 5.75 Å². The van der Waals surface area contributed by atoms with Gasteiger partial charge in [0.1, 0.15) is 11.3 Å². The summed E-state index contributed by atoms with van der Waals surface area (Å²) >= 11 is 0. The highest BCUT2D eigenvalue weighted by Crippen LogP contribution is 2.16. The molecular formula is C11H16N2O3. The Morgan fingerprint density at radius 3 is 2.50 bits per heavy atom. The van der Waals surface area contributed by atoms with E-state index in [0.29, 0.717) is 5.69 Å². The zero-order valence-electron chi connectivity index (χ0n) is 9.87. The Hall–Kier alpha value is -1.78. The van der Waals surface area contributed by atoms with E-state index in [1.165, 1.54) is 17.7 Å². The Morgan fingerprint density at radius 2 is 2.06 bits per heavy atom. The van der Waals surface area contributed by atoms with Crippen LogP contribution >= 0.6 is 0 Å². The maximum absolute atomic E-state index is 12.0. The standard InChI is InChI=1S/C11H16N2O3/c1-6(2)13-7(3)5-8(14)9(11(13)16)10(15)12-4/h5-6,14H,1-4H3,(H,12,15). The van der Waals surface area contributed by atoms with Gasteiger partial charge in [-0.15, -0.1) is 0 Å². The van der Waals surface area contributed by atoms with Crippen LogP contribution in [0.15, 0.2) is 10.9 Å². The van der Waals surface area contributed by atoms with Crippen molar-refractivity contribution in [3.05, 3.63) is 27.7 Å². The van der Waals surface area contributed by atoms with Gasteiger partial charge in [0, 0.05) is 24.8 Å². The number of aryl methyl sites for hydroxylation is 1. The fraction of sp³-hybridized carbons (Fsp3) is 0.455. The van der Waals surface area contributed by atoms with Crippen LogP contribution < -0.4 is 10.9 Å². The Bertz CT molecular complexity index is 475. The molecule has 0 fully saturated rings. The number of aromatic hydroxyl groups is 1. The minimum atomic E-state index is -0.572. The van der Waals surface area contributed by atoms with Crippen molar-refractivity contribution in [1.82, 2.24) is 9.88 Å². The molecule has 0 aromatic carbocycles. The molecular weight excluding hydrogens is 208 g/mol. The molecule has 0 saturated heterocycles. The smallest absolute Gasteiger partial charge is 0.267 e. The molecule has 1 aromatic rings. The van der Waals surface area contributed by atoms with Gasteiger partial charge in [-0.1, -0.05) is 0 Å². The van der Waals surface area contributed by atoms with Crippen molar-refractivity contribution in [3.8, 4) is 5.75 Å². The van der Waals surface area contributed by atoms with Gasteiger partial charge in [-0.3, -0.25) is 9.59 Å². The number of carbonyl (C=O) groups excluding carboxylic acids is 1. The second-order valence-electron chi connectivity index (χ2n) is 3.89. The van der Waals surface area contributed by atoms with Crippen LogP contribution in [-0.2, 0) is 0 Å². The molecule has 0 aliphatic heterocycles. The van der Waals surface area contributed by atoms with Gasteiger partial charge in [0.05, 0.1) is 0 Å².